The highest BCUT2D eigenvalue weighted by Crippen LogP contribution is 2.14. The molecule has 0 fully saturated rings. The fourth-order valence-corrected chi connectivity index (χ4v) is 3.68. The number of rotatable bonds is 7. The normalized spacial score (nSPS) is 11.4. The van der Waals surface area contributed by atoms with Gasteiger partial charge in [-0.15, -0.1) is 0 Å². The maximum Gasteiger partial charge on any atom is 0.271 e. The van der Waals surface area contributed by atoms with Crippen LogP contribution in [0.3, 0.4) is 0 Å². The quantitative estimate of drug-likeness (QED) is 0.371. The number of halogens is 1. The van der Waals surface area contributed by atoms with Crippen molar-refractivity contribution in [1.29, 1.82) is 0 Å². The maximum atomic E-state index is 12.3. The van der Waals surface area contributed by atoms with Gasteiger partial charge in [-0.05, 0) is 48.0 Å². The van der Waals surface area contributed by atoms with Crippen molar-refractivity contribution in [2.24, 2.45) is 0 Å². The van der Waals surface area contributed by atoms with Gasteiger partial charge in [0, 0.05) is 6.08 Å². The van der Waals surface area contributed by atoms with Crippen LogP contribution in [-0.4, -0.2) is 20.2 Å². The summed E-state index contributed by atoms with van der Waals surface area (Å²) in [5.41, 5.74) is 5.33. The fraction of sp³-hybridized carbons (Fsp3) is 0.0476. The Labute approximate surface area is 183 Å². The zero-order valence-corrected chi connectivity index (χ0v) is 17.6. The molecule has 1 heterocycles. The largest absolute Gasteiger partial charge is 0.468 e. The zero-order valence-electron chi connectivity index (χ0n) is 16.0. The van der Waals surface area contributed by atoms with E-state index in [1.165, 1.54) is 36.6 Å². The van der Waals surface area contributed by atoms with Crippen molar-refractivity contribution in [3.8, 4) is 0 Å². The highest BCUT2D eigenvalue weighted by molar-refractivity contribution is 7.89. The van der Waals surface area contributed by atoms with Crippen LogP contribution in [0.1, 0.15) is 21.7 Å². The maximum absolute atomic E-state index is 12.3. The predicted molar refractivity (Wildman–Crippen MR) is 115 cm³/mol. The minimum Gasteiger partial charge on any atom is -0.468 e. The Morgan fingerprint density at radius 2 is 1.71 bits per heavy atom. The summed E-state index contributed by atoms with van der Waals surface area (Å²) < 4.78 is 32.2. The average molecular weight is 460 g/mol. The highest BCUT2D eigenvalue weighted by atomic mass is 35.5. The molecule has 160 valence electrons. The van der Waals surface area contributed by atoms with Crippen molar-refractivity contribution in [2.45, 2.75) is 11.4 Å². The van der Waals surface area contributed by atoms with E-state index >= 15 is 0 Å². The van der Waals surface area contributed by atoms with E-state index in [9.17, 15) is 18.0 Å². The van der Waals surface area contributed by atoms with Crippen LogP contribution in [0.4, 0.5) is 0 Å². The van der Waals surface area contributed by atoms with E-state index in [0.717, 1.165) is 0 Å². The molecule has 3 aromatic rings. The molecule has 0 unspecified atom stereocenters. The number of nitrogens with one attached hydrogen (secondary N) is 3. The van der Waals surface area contributed by atoms with Gasteiger partial charge in [0.1, 0.15) is 5.76 Å². The molecule has 31 heavy (non-hydrogen) atoms. The van der Waals surface area contributed by atoms with Gasteiger partial charge in [-0.1, -0.05) is 35.9 Å². The summed E-state index contributed by atoms with van der Waals surface area (Å²) in [6.45, 7) is 0.0388. The molecule has 0 radical (unpaired) electrons. The van der Waals surface area contributed by atoms with Crippen LogP contribution in [0, 0.1) is 0 Å². The molecule has 0 spiro atoms. The molecule has 8 nitrogen and oxygen atoms in total. The Kier molecular flexibility index (Phi) is 7.24. The first-order valence-corrected chi connectivity index (χ1v) is 10.9. The number of amides is 2. The lowest BCUT2D eigenvalue weighted by atomic mass is 10.2. The molecule has 0 aliphatic rings. The summed E-state index contributed by atoms with van der Waals surface area (Å²) in [6, 6.07) is 15.7. The minimum atomic E-state index is -3.70. The number of hydrogen-bond acceptors (Lipinski definition) is 5. The smallest absolute Gasteiger partial charge is 0.271 e. The van der Waals surface area contributed by atoms with Crippen LogP contribution in [0.5, 0.6) is 0 Å². The van der Waals surface area contributed by atoms with Crippen molar-refractivity contribution in [3.05, 3.63) is 94.9 Å². The van der Waals surface area contributed by atoms with Crippen molar-refractivity contribution >= 4 is 39.5 Å². The zero-order chi connectivity index (χ0) is 22.3. The number of hydrazine groups is 1. The lowest BCUT2D eigenvalue weighted by molar-refractivity contribution is -0.117. The molecule has 10 heteroatoms. The lowest BCUT2D eigenvalue weighted by Gasteiger charge is -2.07. The fourth-order valence-electron chi connectivity index (χ4n) is 2.47. The molecule has 0 bridgehead atoms. The van der Waals surface area contributed by atoms with Crippen molar-refractivity contribution < 1.29 is 22.4 Å². The molecular formula is C21H18ClN3O5S. The van der Waals surface area contributed by atoms with E-state index in [1.54, 1.807) is 42.5 Å². The molecular weight excluding hydrogens is 442 g/mol. The Morgan fingerprint density at radius 1 is 0.968 bits per heavy atom. The van der Waals surface area contributed by atoms with E-state index in [-0.39, 0.29) is 22.0 Å². The molecule has 0 saturated carbocycles. The second-order valence-corrected chi connectivity index (χ2v) is 8.40. The Hall–Kier alpha value is -3.40. The number of carbonyl (C=O) groups excluding carboxylic acids is 2. The predicted octanol–water partition coefficient (Wildman–Crippen LogP) is 2.89. The monoisotopic (exact) mass is 459 g/mol. The van der Waals surface area contributed by atoms with Crippen LogP contribution < -0.4 is 15.6 Å². The van der Waals surface area contributed by atoms with E-state index in [4.69, 9.17) is 16.0 Å². The topological polar surface area (TPSA) is 118 Å². The number of hydrogen-bond donors (Lipinski definition) is 3. The van der Waals surface area contributed by atoms with Gasteiger partial charge in [0.25, 0.3) is 11.8 Å². The third-order valence-electron chi connectivity index (χ3n) is 4.05. The molecule has 0 atom stereocenters. The summed E-state index contributed by atoms with van der Waals surface area (Å²) >= 11 is 5.93. The third-order valence-corrected chi connectivity index (χ3v) is 5.80. The van der Waals surface area contributed by atoms with Crippen molar-refractivity contribution in [3.63, 3.8) is 0 Å². The average Bonchev–Trinajstić information content (AvgIpc) is 3.29. The van der Waals surface area contributed by atoms with Gasteiger partial charge in [-0.3, -0.25) is 20.4 Å². The van der Waals surface area contributed by atoms with Crippen LogP contribution in [0.15, 0.2) is 82.3 Å². The van der Waals surface area contributed by atoms with Crippen molar-refractivity contribution in [1.82, 2.24) is 15.6 Å². The minimum absolute atomic E-state index is 0.0388. The second kappa shape index (κ2) is 10.1. The standard InChI is InChI=1S/C21H18ClN3O5S/c22-19-6-2-1-5-18(19)21(27)25-24-20(26)12-9-15-7-10-17(11-8-15)31(28,29)23-14-16-4-3-13-30-16/h1-13,23H,14H2,(H,24,26)(H,25,27)/b12-9+. The Balaban J connectivity index is 1.53. The molecule has 0 aliphatic heterocycles. The van der Waals surface area contributed by atoms with E-state index < -0.39 is 21.8 Å². The van der Waals surface area contributed by atoms with E-state index in [2.05, 4.69) is 15.6 Å². The van der Waals surface area contributed by atoms with Crippen LogP contribution >= 0.6 is 11.6 Å². The van der Waals surface area contributed by atoms with Gasteiger partial charge in [-0.2, -0.15) is 0 Å². The molecule has 2 aromatic carbocycles. The van der Waals surface area contributed by atoms with Crippen molar-refractivity contribution in [2.75, 3.05) is 0 Å². The Bertz CT molecular complexity index is 1190. The van der Waals surface area contributed by atoms with Gasteiger partial charge in [0.15, 0.2) is 0 Å². The molecule has 0 saturated heterocycles. The number of sulfonamides is 1. The second-order valence-electron chi connectivity index (χ2n) is 6.23. The summed E-state index contributed by atoms with van der Waals surface area (Å²) in [5.74, 6) is -0.628. The van der Waals surface area contributed by atoms with Crippen LogP contribution in [0.25, 0.3) is 6.08 Å². The highest BCUT2D eigenvalue weighted by Gasteiger charge is 2.14. The SMILES string of the molecule is O=C(/C=C/c1ccc(S(=O)(=O)NCc2ccco2)cc1)NNC(=O)c1ccccc1Cl. The third kappa shape index (κ3) is 6.29. The van der Waals surface area contributed by atoms with Gasteiger partial charge >= 0.3 is 0 Å². The summed E-state index contributed by atoms with van der Waals surface area (Å²) in [4.78, 5) is 24.0. The number of carbonyl (C=O) groups is 2. The lowest BCUT2D eigenvalue weighted by Crippen LogP contribution is -2.40. The van der Waals surface area contributed by atoms with Crippen LogP contribution in [-0.2, 0) is 21.4 Å². The van der Waals surface area contributed by atoms with Gasteiger partial charge in [0.05, 0.1) is 28.3 Å². The molecule has 3 N–H and O–H groups in total. The summed E-state index contributed by atoms with van der Waals surface area (Å²) in [6.07, 6.45) is 4.14. The first kappa shape index (κ1) is 22.3. The summed E-state index contributed by atoms with van der Waals surface area (Å²) in [7, 11) is -3.70. The van der Waals surface area contributed by atoms with Crippen LogP contribution in [0.2, 0.25) is 5.02 Å². The molecule has 2 amide bonds. The first-order valence-electron chi connectivity index (χ1n) is 9.00. The number of furan rings is 1. The van der Waals surface area contributed by atoms with Gasteiger partial charge in [0.2, 0.25) is 10.0 Å². The Morgan fingerprint density at radius 3 is 2.39 bits per heavy atom. The van der Waals surface area contributed by atoms with Gasteiger partial charge in [-0.25, -0.2) is 13.1 Å². The van der Waals surface area contributed by atoms with Gasteiger partial charge < -0.3 is 4.42 Å². The first-order chi connectivity index (χ1) is 14.8. The molecule has 3 rings (SSSR count). The van der Waals surface area contributed by atoms with E-state index in [0.29, 0.717) is 11.3 Å². The molecule has 0 aliphatic carbocycles. The molecule has 1 aromatic heterocycles. The van der Waals surface area contributed by atoms with E-state index in [1.807, 2.05) is 0 Å². The number of benzene rings is 2. The summed E-state index contributed by atoms with van der Waals surface area (Å²) in [5, 5.41) is 0.262.